The molecule has 0 atom stereocenters. The van der Waals surface area contributed by atoms with Gasteiger partial charge in [-0.25, -0.2) is 4.99 Å². The van der Waals surface area contributed by atoms with Gasteiger partial charge >= 0.3 is 0 Å². The normalized spacial score (nSPS) is 16.0. The summed E-state index contributed by atoms with van der Waals surface area (Å²) in [4.78, 5) is 20.3. The number of thioether (sulfide) groups is 1. The van der Waals surface area contributed by atoms with Crippen LogP contribution in [0.3, 0.4) is 0 Å². The minimum Gasteiger partial charge on any atom is -0.497 e. The van der Waals surface area contributed by atoms with Gasteiger partial charge in [0, 0.05) is 0 Å². The fraction of sp³-hybridized carbons (Fsp3) is 0.120. The van der Waals surface area contributed by atoms with Crippen molar-refractivity contribution in [3.63, 3.8) is 0 Å². The molecule has 0 saturated carbocycles. The Morgan fingerprint density at radius 3 is 1.78 bits per heavy atom. The third-order valence-corrected chi connectivity index (χ3v) is 5.82. The molecule has 0 aliphatic carbocycles. The first-order valence-corrected chi connectivity index (χ1v) is 10.7. The summed E-state index contributed by atoms with van der Waals surface area (Å²) in [6.07, 6.45) is 1.86. The molecule has 0 bridgehead atoms. The van der Waals surface area contributed by atoms with Gasteiger partial charge in [0.1, 0.15) is 17.2 Å². The van der Waals surface area contributed by atoms with Gasteiger partial charge in [0.25, 0.3) is 5.91 Å². The van der Waals surface area contributed by atoms with Crippen molar-refractivity contribution in [3.8, 4) is 17.2 Å². The van der Waals surface area contributed by atoms with Gasteiger partial charge < -0.3 is 14.2 Å². The Labute approximate surface area is 191 Å². The Morgan fingerprint density at radius 1 is 0.750 bits per heavy atom. The number of benzene rings is 3. The molecular formula is C25H22N2O4S. The second kappa shape index (κ2) is 9.62. The smallest absolute Gasteiger partial charge is 0.271 e. The summed E-state index contributed by atoms with van der Waals surface area (Å²) in [5.74, 6) is 2.09. The summed E-state index contributed by atoms with van der Waals surface area (Å²) in [7, 11) is 4.85. The van der Waals surface area contributed by atoms with Gasteiger partial charge in [-0.2, -0.15) is 0 Å². The van der Waals surface area contributed by atoms with Crippen molar-refractivity contribution in [2.24, 2.45) is 4.99 Å². The molecule has 1 fully saturated rings. The number of carbonyl (C=O) groups excluding carboxylic acids is 1. The van der Waals surface area contributed by atoms with Crippen LogP contribution in [-0.4, -0.2) is 32.4 Å². The van der Waals surface area contributed by atoms with Gasteiger partial charge in [-0.05, 0) is 84.1 Å². The molecule has 1 amide bonds. The molecule has 0 aromatic heterocycles. The number of ether oxygens (including phenoxy) is 3. The minimum atomic E-state index is -0.136. The minimum absolute atomic E-state index is 0.136. The zero-order valence-electron chi connectivity index (χ0n) is 17.9. The maximum Gasteiger partial charge on any atom is 0.271 e. The Hall–Kier alpha value is -3.71. The molecule has 0 radical (unpaired) electrons. The maximum atomic E-state index is 13.4. The van der Waals surface area contributed by atoms with Crippen LogP contribution in [0, 0.1) is 0 Å². The van der Waals surface area contributed by atoms with E-state index >= 15 is 0 Å². The van der Waals surface area contributed by atoms with Gasteiger partial charge in [-0.1, -0.05) is 12.1 Å². The lowest BCUT2D eigenvalue weighted by Crippen LogP contribution is -2.28. The van der Waals surface area contributed by atoms with Crippen LogP contribution in [0.15, 0.2) is 82.7 Å². The first-order chi connectivity index (χ1) is 15.6. The number of hydrogen-bond donors (Lipinski definition) is 0. The van der Waals surface area contributed by atoms with Gasteiger partial charge in [0.15, 0.2) is 5.17 Å². The van der Waals surface area contributed by atoms with Crippen molar-refractivity contribution in [1.29, 1.82) is 0 Å². The topological polar surface area (TPSA) is 60.4 Å². The Bertz CT molecular complexity index is 1150. The van der Waals surface area contributed by atoms with Crippen LogP contribution in [0.1, 0.15) is 5.56 Å². The zero-order chi connectivity index (χ0) is 22.5. The predicted octanol–water partition coefficient (Wildman–Crippen LogP) is 5.52. The fourth-order valence-corrected chi connectivity index (χ4v) is 4.13. The van der Waals surface area contributed by atoms with Gasteiger partial charge in [-0.15, -0.1) is 0 Å². The molecule has 32 heavy (non-hydrogen) atoms. The van der Waals surface area contributed by atoms with Crippen LogP contribution in [0.4, 0.5) is 11.4 Å². The molecule has 1 heterocycles. The van der Waals surface area contributed by atoms with Crippen LogP contribution >= 0.6 is 11.8 Å². The number of nitrogens with zero attached hydrogens (tertiary/aromatic N) is 2. The third kappa shape index (κ3) is 4.63. The highest BCUT2D eigenvalue weighted by Crippen LogP contribution is 2.38. The van der Waals surface area contributed by atoms with Crippen LogP contribution < -0.4 is 19.1 Å². The molecule has 0 N–H and O–H groups in total. The molecule has 162 valence electrons. The van der Waals surface area contributed by atoms with E-state index in [0.717, 1.165) is 28.5 Å². The summed E-state index contributed by atoms with van der Waals surface area (Å²) < 4.78 is 15.7. The monoisotopic (exact) mass is 446 g/mol. The number of hydrogen-bond acceptors (Lipinski definition) is 6. The summed E-state index contributed by atoms with van der Waals surface area (Å²) >= 11 is 1.33. The van der Waals surface area contributed by atoms with Crippen LogP contribution in [0.2, 0.25) is 0 Å². The average Bonchev–Trinajstić information content (AvgIpc) is 3.14. The van der Waals surface area contributed by atoms with Gasteiger partial charge in [0.2, 0.25) is 0 Å². The largest absolute Gasteiger partial charge is 0.497 e. The third-order valence-electron chi connectivity index (χ3n) is 4.85. The zero-order valence-corrected chi connectivity index (χ0v) is 18.8. The second-order valence-corrected chi connectivity index (χ2v) is 7.82. The van der Waals surface area contributed by atoms with E-state index in [1.165, 1.54) is 11.8 Å². The van der Waals surface area contributed by atoms with E-state index in [-0.39, 0.29) is 5.91 Å². The van der Waals surface area contributed by atoms with E-state index in [0.29, 0.717) is 15.8 Å². The predicted molar refractivity (Wildman–Crippen MR) is 129 cm³/mol. The standard InChI is InChI=1S/C25H22N2O4S/c1-29-20-10-4-17(5-11-20)16-23-24(28)27(19-8-14-22(31-3)15-9-19)25(32-23)26-18-6-12-21(30-2)13-7-18/h4-16H,1-3H3. The van der Waals surface area contributed by atoms with E-state index in [4.69, 9.17) is 19.2 Å². The summed E-state index contributed by atoms with van der Waals surface area (Å²) in [5.41, 5.74) is 2.35. The molecule has 3 aromatic carbocycles. The first-order valence-electron chi connectivity index (χ1n) is 9.86. The van der Waals surface area contributed by atoms with Crippen LogP contribution in [0.25, 0.3) is 6.08 Å². The number of anilines is 1. The lowest BCUT2D eigenvalue weighted by molar-refractivity contribution is -0.113. The molecule has 1 saturated heterocycles. The molecule has 7 heteroatoms. The number of methoxy groups -OCH3 is 3. The summed E-state index contributed by atoms with van der Waals surface area (Å²) in [6.45, 7) is 0. The lowest BCUT2D eigenvalue weighted by atomic mass is 10.2. The number of carbonyl (C=O) groups is 1. The van der Waals surface area contributed by atoms with Crippen molar-refractivity contribution in [3.05, 3.63) is 83.3 Å². The van der Waals surface area contributed by atoms with Crippen molar-refractivity contribution in [2.75, 3.05) is 26.2 Å². The highest BCUT2D eigenvalue weighted by Gasteiger charge is 2.34. The molecular weight excluding hydrogens is 424 g/mol. The Morgan fingerprint density at radius 2 is 1.25 bits per heavy atom. The van der Waals surface area contributed by atoms with E-state index in [1.807, 2.05) is 78.9 Å². The highest BCUT2D eigenvalue weighted by atomic mass is 32.2. The maximum absolute atomic E-state index is 13.4. The highest BCUT2D eigenvalue weighted by molar-refractivity contribution is 8.19. The Balaban J connectivity index is 1.72. The Kier molecular flexibility index (Phi) is 6.47. The van der Waals surface area contributed by atoms with Crippen molar-refractivity contribution < 1.29 is 19.0 Å². The van der Waals surface area contributed by atoms with Crippen molar-refractivity contribution in [2.45, 2.75) is 0 Å². The molecule has 0 spiro atoms. The average molecular weight is 447 g/mol. The quantitative estimate of drug-likeness (QED) is 0.467. The van der Waals surface area contributed by atoms with Gasteiger partial charge in [0.05, 0.1) is 37.6 Å². The fourth-order valence-electron chi connectivity index (χ4n) is 3.13. The van der Waals surface area contributed by atoms with E-state index in [2.05, 4.69) is 0 Å². The first kappa shape index (κ1) is 21.5. The van der Waals surface area contributed by atoms with E-state index in [9.17, 15) is 4.79 Å². The van der Waals surface area contributed by atoms with E-state index in [1.54, 1.807) is 26.2 Å². The summed E-state index contributed by atoms with van der Waals surface area (Å²) in [6, 6.07) is 22.3. The van der Waals surface area contributed by atoms with Crippen molar-refractivity contribution >= 4 is 40.3 Å². The van der Waals surface area contributed by atoms with Crippen LogP contribution in [0.5, 0.6) is 17.2 Å². The number of aliphatic imine (C=N–C) groups is 1. The number of amides is 1. The molecule has 6 nitrogen and oxygen atoms in total. The molecule has 4 rings (SSSR count). The number of rotatable bonds is 6. The van der Waals surface area contributed by atoms with Gasteiger partial charge in [-0.3, -0.25) is 9.69 Å². The SMILES string of the molecule is COc1ccc(C=C2SC(=Nc3ccc(OC)cc3)N(c3ccc(OC)cc3)C2=O)cc1. The van der Waals surface area contributed by atoms with E-state index < -0.39 is 0 Å². The molecule has 0 unspecified atom stereocenters. The molecule has 1 aliphatic heterocycles. The second-order valence-electron chi connectivity index (χ2n) is 6.81. The molecule has 3 aromatic rings. The van der Waals surface area contributed by atoms with Crippen molar-refractivity contribution in [1.82, 2.24) is 0 Å². The number of amidine groups is 1. The molecule has 1 aliphatic rings. The summed E-state index contributed by atoms with van der Waals surface area (Å²) in [5, 5.41) is 0.574. The van der Waals surface area contributed by atoms with Crippen LogP contribution in [-0.2, 0) is 4.79 Å². The lowest BCUT2D eigenvalue weighted by Gasteiger charge is -2.16.